The predicted octanol–water partition coefficient (Wildman–Crippen LogP) is 4.99. The third-order valence-corrected chi connectivity index (χ3v) is 8.15. The number of carbonyl (C=O) groups excluding carboxylic acids is 1. The Labute approximate surface area is 246 Å². The van der Waals surface area contributed by atoms with Gasteiger partial charge in [-0.05, 0) is 31.6 Å². The van der Waals surface area contributed by atoms with Crippen molar-refractivity contribution in [1.29, 1.82) is 0 Å². The fourth-order valence-corrected chi connectivity index (χ4v) is 6.34. The van der Waals surface area contributed by atoms with E-state index in [2.05, 4.69) is 5.32 Å². The lowest BCUT2D eigenvalue weighted by Crippen LogP contribution is -2.57. The number of ether oxygens (including phenoxy) is 6. The first-order valence-corrected chi connectivity index (χ1v) is 13.8. The number of nitrogens with one attached hydrogen (secondary N) is 1. The maximum atomic E-state index is 14.2. The van der Waals surface area contributed by atoms with Gasteiger partial charge in [-0.2, -0.15) is 0 Å². The lowest BCUT2D eigenvalue weighted by atomic mass is 9.81. The van der Waals surface area contributed by atoms with Crippen molar-refractivity contribution in [2.24, 2.45) is 0 Å². The Morgan fingerprint density at radius 3 is 2.02 bits per heavy atom. The number of nitrogens with zero attached hydrogens (tertiary/aromatic N) is 1. The monoisotopic (exact) mass is 574 g/mol. The van der Waals surface area contributed by atoms with Crippen LogP contribution in [-0.2, 0) is 17.8 Å². The zero-order valence-corrected chi connectivity index (χ0v) is 25.4. The average molecular weight is 575 g/mol. The molecule has 2 aliphatic heterocycles. The molecule has 222 valence electrons. The quantitative estimate of drug-likeness (QED) is 0.383. The van der Waals surface area contributed by atoms with Crippen LogP contribution in [0.3, 0.4) is 0 Å². The first-order valence-electron chi connectivity index (χ1n) is 13.8. The molecule has 3 aromatic rings. The van der Waals surface area contributed by atoms with Gasteiger partial charge in [-0.3, -0.25) is 10.1 Å². The molecule has 42 heavy (non-hydrogen) atoms. The summed E-state index contributed by atoms with van der Waals surface area (Å²) in [6, 6.07) is 11.0. The third-order valence-electron chi connectivity index (χ3n) is 8.15. The molecule has 2 atom stereocenters. The van der Waals surface area contributed by atoms with Gasteiger partial charge in [-0.15, -0.1) is 0 Å². The van der Waals surface area contributed by atoms with Crippen molar-refractivity contribution in [2.45, 2.75) is 38.9 Å². The second kappa shape index (κ2) is 11.9. The Bertz CT molecular complexity index is 1530. The average Bonchev–Trinajstić information content (AvgIpc) is 3.01. The summed E-state index contributed by atoms with van der Waals surface area (Å²) < 4.78 is 34.9. The van der Waals surface area contributed by atoms with E-state index in [1.807, 2.05) is 61.2 Å². The van der Waals surface area contributed by atoms with Gasteiger partial charge >= 0.3 is 0 Å². The maximum absolute atomic E-state index is 14.2. The highest BCUT2D eigenvalue weighted by Gasteiger charge is 2.46. The van der Waals surface area contributed by atoms with E-state index in [1.54, 1.807) is 42.7 Å². The highest BCUT2D eigenvalue weighted by molar-refractivity contribution is 5.89. The summed E-state index contributed by atoms with van der Waals surface area (Å²) in [7, 11) is 9.72. The van der Waals surface area contributed by atoms with E-state index in [1.165, 1.54) is 0 Å². The molecule has 9 nitrogen and oxygen atoms in total. The van der Waals surface area contributed by atoms with Gasteiger partial charge in [0.2, 0.25) is 5.91 Å². The van der Waals surface area contributed by atoms with E-state index in [4.69, 9.17) is 28.4 Å². The van der Waals surface area contributed by atoms with Crippen molar-refractivity contribution < 1.29 is 33.2 Å². The van der Waals surface area contributed by atoms with Crippen LogP contribution in [0, 0.1) is 13.8 Å². The lowest BCUT2D eigenvalue weighted by Gasteiger charge is -2.45. The number of carbonyl (C=O) groups is 1. The van der Waals surface area contributed by atoms with Gasteiger partial charge in [0.15, 0.2) is 23.0 Å². The molecule has 1 saturated heterocycles. The summed E-state index contributed by atoms with van der Waals surface area (Å²) >= 11 is 0. The fraction of sp³-hybridized carbons (Fsp3) is 0.364. The second-order valence-corrected chi connectivity index (χ2v) is 10.3. The second-order valence-electron chi connectivity index (χ2n) is 10.3. The number of hydrogen-bond acceptors (Lipinski definition) is 8. The van der Waals surface area contributed by atoms with Crippen molar-refractivity contribution in [3.63, 3.8) is 0 Å². The first kappa shape index (κ1) is 29.1. The van der Waals surface area contributed by atoms with Crippen molar-refractivity contribution in [1.82, 2.24) is 10.2 Å². The molecule has 0 radical (unpaired) electrons. The van der Waals surface area contributed by atoms with Crippen LogP contribution >= 0.6 is 0 Å². The zero-order chi connectivity index (χ0) is 30.1. The van der Waals surface area contributed by atoms with Gasteiger partial charge in [0, 0.05) is 39.9 Å². The third kappa shape index (κ3) is 4.67. The summed E-state index contributed by atoms with van der Waals surface area (Å²) in [5, 5.41) is 3.60. The minimum absolute atomic E-state index is 0.0299. The summed E-state index contributed by atoms with van der Waals surface area (Å²) in [4.78, 5) is 16.1. The predicted molar refractivity (Wildman–Crippen MR) is 160 cm³/mol. The van der Waals surface area contributed by atoms with E-state index in [0.29, 0.717) is 47.5 Å². The first-order chi connectivity index (χ1) is 20.3. The topological polar surface area (TPSA) is 87.7 Å². The summed E-state index contributed by atoms with van der Waals surface area (Å²) in [5.74, 6) is 3.64. The number of piperazine rings is 1. The molecule has 3 aromatic carbocycles. The van der Waals surface area contributed by atoms with Crippen LogP contribution in [-0.4, -0.2) is 59.5 Å². The van der Waals surface area contributed by atoms with E-state index in [0.717, 1.165) is 39.1 Å². The largest absolute Gasteiger partial charge is 0.496 e. The SMILES string of the molecule is COc1cc(C=C2[C@H]3NC(Cc4c(OC)c(C)c(OC)c(OC)c43)C(=O)N2Cc2ccccc2)c(OC)c(C)c1OC. The molecule has 2 heterocycles. The molecule has 2 bridgehead atoms. The van der Waals surface area contributed by atoms with Crippen molar-refractivity contribution >= 4 is 12.0 Å². The van der Waals surface area contributed by atoms with Crippen LogP contribution in [0.5, 0.6) is 34.5 Å². The van der Waals surface area contributed by atoms with E-state index < -0.39 is 12.1 Å². The Morgan fingerprint density at radius 2 is 1.43 bits per heavy atom. The normalized spacial score (nSPS) is 18.4. The molecular formula is C33H38N2O7. The molecule has 0 aliphatic carbocycles. The number of amides is 1. The van der Waals surface area contributed by atoms with Crippen LogP contribution in [0.4, 0.5) is 0 Å². The van der Waals surface area contributed by atoms with Crippen molar-refractivity contribution in [3.8, 4) is 34.5 Å². The summed E-state index contributed by atoms with van der Waals surface area (Å²) in [6.07, 6.45) is 2.43. The number of fused-ring (bicyclic) bond motifs is 4. The van der Waals surface area contributed by atoms with Gasteiger partial charge < -0.3 is 33.3 Å². The number of rotatable bonds is 9. The molecule has 1 N–H and O–H groups in total. The van der Waals surface area contributed by atoms with Crippen LogP contribution in [0.1, 0.15) is 39.4 Å². The van der Waals surface area contributed by atoms with Crippen LogP contribution in [0.25, 0.3) is 6.08 Å². The molecule has 0 saturated carbocycles. The smallest absolute Gasteiger partial charge is 0.244 e. The van der Waals surface area contributed by atoms with Gasteiger partial charge in [-0.1, -0.05) is 30.3 Å². The summed E-state index contributed by atoms with van der Waals surface area (Å²) in [6.45, 7) is 4.25. The maximum Gasteiger partial charge on any atom is 0.244 e. The summed E-state index contributed by atoms with van der Waals surface area (Å²) in [5.41, 5.74) is 5.90. The lowest BCUT2D eigenvalue weighted by molar-refractivity contribution is -0.135. The minimum atomic E-state index is -0.455. The molecule has 0 spiro atoms. The fourth-order valence-electron chi connectivity index (χ4n) is 6.34. The molecular weight excluding hydrogens is 536 g/mol. The number of methoxy groups -OCH3 is 6. The highest BCUT2D eigenvalue weighted by Crippen LogP contribution is 2.52. The Balaban J connectivity index is 1.81. The van der Waals surface area contributed by atoms with Gasteiger partial charge in [0.05, 0.1) is 61.3 Å². The van der Waals surface area contributed by atoms with E-state index in [9.17, 15) is 4.79 Å². The van der Waals surface area contributed by atoms with Crippen molar-refractivity contribution in [2.75, 3.05) is 42.7 Å². The van der Waals surface area contributed by atoms with Gasteiger partial charge in [0.1, 0.15) is 11.5 Å². The van der Waals surface area contributed by atoms with Gasteiger partial charge in [-0.25, -0.2) is 0 Å². The molecule has 0 aromatic heterocycles. The highest BCUT2D eigenvalue weighted by atomic mass is 16.5. The molecule has 1 fully saturated rings. The van der Waals surface area contributed by atoms with Crippen molar-refractivity contribution in [3.05, 3.63) is 75.5 Å². The minimum Gasteiger partial charge on any atom is -0.496 e. The van der Waals surface area contributed by atoms with Gasteiger partial charge in [0.25, 0.3) is 0 Å². The standard InChI is InChI=1S/C33H38N2O7/c1-18-28(38-4)21(15-25(37-3)30(18)40-6)14-24-27-26-22(29(39-5)19(2)31(41-7)32(26)42-8)16-23(34-27)33(36)35(24)17-20-12-10-9-11-13-20/h9-15,23,27,34H,16-17H2,1-8H3/t23?,27-/m1/s1. The van der Waals surface area contributed by atoms with Crippen LogP contribution in [0.2, 0.25) is 0 Å². The molecule has 9 heteroatoms. The number of benzene rings is 3. The Hall–Kier alpha value is -4.37. The molecule has 5 rings (SSSR count). The molecule has 1 amide bonds. The molecule has 2 aliphatic rings. The van der Waals surface area contributed by atoms with Crippen LogP contribution < -0.4 is 33.7 Å². The van der Waals surface area contributed by atoms with E-state index in [-0.39, 0.29) is 5.91 Å². The van der Waals surface area contributed by atoms with E-state index >= 15 is 0 Å². The number of hydrogen-bond donors (Lipinski definition) is 1. The molecule has 1 unspecified atom stereocenters. The van der Waals surface area contributed by atoms with Crippen LogP contribution in [0.15, 0.2) is 42.1 Å². The Morgan fingerprint density at radius 1 is 0.810 bits per heavy atom. The zero-order valence-electron chi connectivity index (χ0n) is 25.4. The Kier molecular flexibility index (Phi) is 8.22.